The van der Waals surface area contributed by atoms with Crippen LogP contribution in [0, 0.1) is 0 Å². The van der Waals surface area contributed by atoms with Crippen LogP contribution in [-0.2, 0) is 44.7 Å². The molecule has 1 amide bonds. The van der Waals surface area contributed by atoms with Gasteiger partial charge in [0.1, 0.15) is 12.2 Å². The molecular weight excluding hydrogens is 446 g/mol. The number of alkyl carbamates (subject to hydrolysis) is 1. The molecule has 1 aliphatic heterocycles. The summed E-state index contributed by atoms with van der Waals surface area (Å²) in [7, 11) is 2.17. The maximum absolute atomic E-state index is 12.7. The van der Waals surface area contributed by atoms with E-state index >= 15 is 0 Å². The first-order valence-electron chi connectivity index (χ1n) is 11.0. The van der Waals surface area contributed by atoms with Crippen molar-refractivity contribution in [3.05, 3.63) is 35.9 Å². The summed E-state index contributed by atoms with van der Waals surface area (Å²) in [6.07, 6.45) is -1.48. The summed E-state index contributed by atoms with van der Waals surface area (Å²) in [5, 5.41) is 2.32. The van der Waals surface area contributed by atoms with E-state index in [0.29, 0.717) is 6.42 Å². The van der Waals surface area contributed by atoms with Crippen molar-refractivity contribution < 1.29 is 42.9 Å². The first kappa shape index (κ1) is 27.1. The number of carbonyl (C=O) groups is 4. The predicted molar refractivity (Wildman–Crippen MR) is 119 cm³/mol. The van der Waals surface area contributed by atoms with Crippen LogP contribution in [0.4, 0.5) is 4.79 Å². The lowest BCUT2D eigenvalue weighted by atomic mass is 9.89. The normalized spacial score (nSPS) is 19.5. The number of hydrogen-bond acceptors (Lipinski definition) is 9. The molecule has 34 heavy (non-hydrogen) atoms. The topological polar surface area (TPSA) is 130 Å². The number of carbonyl (C=O) groups excluding carboxylic acids is 4. The van der Waals surface area contributed by atoms with Gasteiger partial charge in [0, 0.05) is 0 Å². The van der Waals surface area contributed by atoms with Gasteiger partial charge in [-0.1, -0.05) is 37.3 Å². The van der Waals surface area contributed by atoms with Crippen LogP contribution >= 0.6 is 0 Å². The highest BCUT2D eigenvalue weighted by atomic mass is 16.7. The molecule has 1 heterocycles. The lowest BCUT2D eigenvalue weighted by Gasteiger charge is -2.28. The van der Waals surface area contributed by atoms with E-state index in [9.17, 15) is 19.2 Å². The Bertz CT molecular complexity index is 877. The summed E-state index contributed by atoms with van der Waals surface area (Å²) in [5.41, 5.74) is -3.35. The van der Waals surface area contributed by atoms with Gasteiger partial charge in [-0.05, 0) is 45.6 Å². The Balaban J connectivity index is 2.16. The number of ether oxygens (including phenoxy) is 5. The zero-order chi connectivity index (χ0) is 25.6. The van der Waals surface area contributed by atoms with Crippen molar-refractivity contribution in [2.24, 2.45) is 0 Å². The summed E-state index contributed by atoms with van der Waals surface area (Å²) in [4.78, 5) is 50.6. The van der Waals surface area contributed by atoms with Gasteiger partial charge >= 0.3 is 24.0 Å². The second-order valence-electron chi connectivity index (χ2n) is 8.97. The van der Waals surface area contributed by atoms with Crippen molar-refractivity contribution in [3.8, 4) is 0 Å². The second-order valence-corrected chi connectivity index (χ2v) is 8.97. The van der Waals surface area contributed by atoms with Gasteiger partial charge in [0.05, 0.1) is 20.3 Å². The third kappa shape index (κ3) is 6.25. The van der Waals surface area contributed by atoms with Gasteiger partial charge < -0.3 is 23.7 Å². The van der Waals surface area contributed by atoms with Crippen LogP contribution in [0.2, 0.25) is 0 Å². The van der Waals surface area contributed by atoms with E-state index in [4.69, 9.17) is 23.7 Å². The molecule has 0 radical (unpaired) electrons. The third-order valence-corrected chi connectivity index (χ3v) is 5.46. The fraction of sp³-hybridized carbons (Fsp3) is 0.583. The second kappa shape index (κ2) is 10.9. The molecule has 0 aromatic heterocycles. The van der Waals surface area contributed by atoms with E-state index in [1.165, 1.54) is 0 Å². The van der Waals surface area contributed by atoms with E-state index in [1.54, 1.807) is 52.0 Å². The molecule has 188 valence electrons. The maximum Gasteiger partial charge on any atom is 0.408 e. The first-order chi connectivity index (χ1) is 15.9. The fourth-order valence-corrected chi connectivity index (χ4v) is 3.59. The van der Waals surface area contributed by atoms with Gasteiger partial charge in [0.2, 0.25) is 5.54 Å². The van der Waals surface area contributed by atoms with Crippen LogP contribution in [0.3, 0.4) is 0 Å². The van der Waals surface area contributed by atoms with Crippen LogP contribution in [-0.4, -0.2) is 61.1 Å². The maximum atomic E-state index is 12.7. The SMILES string of the molecule is CCC1(C(=O)OC(C)(C)C)OC1CCC(NC(=O)OCc1ccccc1)(C(=O)OC)C(=O)OC. The van der Waals surface area contributed by atoms with Gasteiger partial charge in [-0.25, -0.2) is 19.2 Å². The minimum absolute atomic E-state index is 0.0657. The van der Waals surface area contributed by atoms with Gasteiger partial charge in [0.15, 0.2) is 5.60 Å². The summed E-state index contributed by atoms with van der Waals surface area (Å²) in [6, 6.07) is 8.89. The fourth-order valence-electron chi connectivity index (χ4n) is 3.59. The quantitative estimate of drug-likeness (QED) is 0.233. The zero-order valence-corrected chi connectivity index (χ0v) is 20.5. The number of methoxy groups -OCH3 is 2. The van der Waals surface area contributed by atoms with Crippen molar-refractivity contribution in [3.63, 3.8) is 0 Å². The first-order valence-corrected chi connectivity index (χ1v) is 11.0. The van der Waals surface area contributed by atoms with Gasteiger partial charge in [-0.2, -0.15) is 0 Å². The summed E-state index contributed by atoms with van der Waals surface area (Å²) in [6.45, 7) is 6.94. The average Bonchev–Trinajstić information content (AvgIpc) is 3.54. The van der Waals surface area contributed by atoms with E-state index < -0.39 is 46.8 Å². The van der Waals surface area contributed by atoms with Crippen molar-refractivity contribution >= 4 is 24.0 Å². The number of hydrogen-bond donors (Lipinski definition) is 1. The molecular formula is C24H33NO9. The molecule has 0 spiro atoms. The number of esters is 3. The number of benzene rings is 1. The van der Waals surface area contributed by atoms with Gasteiger partial charge in [0.25, 0.3) is 0 Å². The van der Waals surface area contributed by atoms with Crippen LogP contribution in [0.5, 0.6) is 0 Å². The van der Waals surface area contributed by atoms with Crippen LogP contribution in [0.15, 0.2) is 30.3 Å². The van der Waals surface area contributed by atoms with Crippen molar-refractivity contribution in [2.75, 3.05) is 14.2 Å². The molecule has 1 aliphatic rings. The smallest absolute Gasteiger partial charge is 0.408 e. The van der Waals surface area contributed by atoms with E-state index in [2.05, 4.69) is 5.32 Å². The van der Waals surface area contributed by atoms with Crippen LogP contribution < -0.4 is 5.32 Å². The molecule has 10 heteroatoms. The molecule has 2 unspecified atom stereocenters. The molecule has 10 nitrogen and oxygen atoms in total. The Hall–Kier alpha value is -3.14. The zero-order valence-electron chi connectivity index (χ0n) is 20.5. The Morgan fingerprint density at radius 3 is 2.12 bits per heavy atom. The molecule has 0 saturated carbocycles. The highest BCUT2D eigenvalue weighted by Crippen LogP contribution is 2.45. The van der Waals surface area contributed by atoms with E-state index in [0.717, 1.165) is 19.8 Å². The number of amides is 1. The highest BCUT2D eigenvalue weighted by Gasteiger charge is 2.64. The molecule has 1 saturated heterocycles. The predicted octanol–water partition coefficient (Wildman–Crippen LogP) is 2.67. The minimum Gasteiger partial charge on any atom is -0.467 e. The summed E-state index contributed by atoms with van der Waals surface area (Å²) >= 11 is 0. The lowest BCUT2D eigenvalue weighted by molar-refractivity contribution is -0.164. The molecule has 2 atom stereocenters. The molecule has 0 aliphatic carbocycles. The molecule has 1 aromatic carbocycles. The lowest BCUT2D eigenvalue weighted by Crippen LogP contribution is -2.61. The molecule has 2 rings (SSSR count). The third-order valence-electron chi connectivity index (χ3n) is 5.46. The van der Waals surface area contributed by atoms with Crippen molar-refractivity contribution in [1.82, 2.24) is 5.32 Å². The molecule has 1 N–H and O–H groups in total. The number of epoxide rings is 1. The average molecular weight is 480 g/mol. The Morgan fingerprint density at radius 2 is 1.62 bits per heavy atom. The summed E-state index contributed by atoms with van der Waals surface area (Å²) in [5.74, 6) is -2.59. The monoisotopic (exact) mass is 479 g/mol. The summed E-state index contributed by atoms with van der Waals surface area (Å²) < 4.78 is 25.9. The Labute approximate surface area is 199 Å². The Morgan fingerprint density at radius 1 is 1.03 bits per heavy atom. The molecule has 1 fully saturated rings. The van der Waals surface area contributed by atoms with E-state index in [1.807, 2.05) is 6.07 Å². The molecule has 0 bridgehead atoms. The van der Waals surface area contributed by atoms with E-state index in [-0.39, 0.29) is 19.4 Å². The highest BCUT2D eigenvalue weighted by molar-refractivity contribution is 6.07. The molecule has 1 aromatic rings. The number of rotatable bonds is 10. The Kier molecular flexibility index (Phi) is 8.66. The van der Waals surface area contributed by atoms with Gasteiger partial charge in [-0.3, -0.25) is 5.32 Å². The largest absolute Gasteiger partial charge is 0.467 e. The van der Waals surface area contributed by atoms with Crippen molar-refractivity contribution in [1.29, 1.82) is 0 Å². The van der Waals surface area contributed by atoms with Gasteiger partial charge in [-0.15, -0.1) is 0 Å². The van der Waals surface area contributed by atoms with Crippen LogP contribution in [0.1, 0.15) is 52.5 Å². The van der Waals surface area contributed by atoms with Crippen LogP contribution in [0.25, 0.3) is 0 Å². The van der Waals surface area contributed by atoms with Crippen molar-refractivity contribution in [2.45, 2.75) is 76.4 Å². The number of nitrogens with one attached hydrogen (secondary N) is 1. The standard InChI is InChI=1S/C24H33NO9/c1-7-24(20(28)34-22(2,3)4)17(33-24)13-14-23(18(26)30-5,19(27)31-6)25-21(29)32-15-16-11-9-8-10-12-16/h8-12,17H,7,13-15H2,1-6H3,(H,25,29). The minimum atomic E-state index is -2.18.